The summed E-state index contributed by atoms with van der Waals surface area (Å²) < 4.78 is 0. The van der Waals surface area contributed by atoms with E-state index in [4.69, 9.17) is 0 Å². The summed E-state index contributed by atoms with van der Waals surface area (Å²) in [5.41, 5.74) is -1.10. The summed E-state index contributed by atoms with van der Waals surface area (Å²) in [5, 5.41) is 19.8. The molecular weight excluding hydrogens is 456 g/mol. The first-order valence-corrected chi connectivity index (χ1v) is 16.7. The van der Waals surface area contributed by atoms with E-state index in [0.29, 0.717) is 6.42 Å². The van der Waals surface area contributed by atoms with Crippen molar-refractivity contribution in [2.75, 3.05) is 6.61 Å². The van der Waals surface area contributed by atoms with Crippen LogP contribution in [0.3, 0.4) is 0 Å². The Labute approximate surface area is 233 Å². The zero-order valence-corrected chi connectivity index (χ0v) is 25.9. The predicted octanol–water partition coefficient (Wildman–Crippen LogP) is 11.3. The molecule has 0 saturated heterocycles. The van der Waals surface area contributed by atoms with E-state index in [-0.39, 0.29) is 12.0 Å². The van der Waals surface area contributed by atoms with E-state index in [0.717, 1.165) is 25.7 Å². The van der Waals surface area contributed by atoms with Gasteiger partial charge in [0, 0.05) is 6.61 Å². The third-order valence-electron chi connectivity index (χ3n) is 9.33. The van der Waals surface area contributed by atoms with Crippen molar-refractivity contribution in [3.05, 3.63) is 0 Å². The monoisotopic (exact) mass is 525 g/mol. The largest absolute Gasteiger partial charge is 0.481 e. The fourth-order valence-corrected chi connectivity index (χ4v) is 6.10. The maximum absolute atomic E-state index is 12.3. The number of hydrogen-bond donors (Lipinski definition) is 2. The molecule has 0 amide bonds. The van der Waals surface area contributed by atoms with Gasteiger partial charge in [-0.15, -0.1) is 0 Å². The normalized spacial score (nSPS) is 14.9. The fourth-order valence-electron chi connectivity index (χ4n) is 6.10. The molecule has 0 bridgehead atoms. The third-order valence-corrected chi connectivity index (χ3v) is 9.33. The minimum absolute atomic E-state index is 0.0473. The number of hydrogen-bond acceptors (Lipinski definition) is 2. The Kier molecular flexibility index (Phi) is 24.1. The highest BCUT2D eigenvalue weighted by molar-refractivity contribution is 5.75. The Morgan fingerprint density at radius 3 is 1.00 bits per heavy atom. The summed E-state index contributed by atoms with van der Waals surface area (Å²) in [6.07, 6.45) is 32.8. The predicted molar refractivity (Wildman–Crippen MR) is 162 cm³/mol. The molecular formula is C34H68O3. The van der Waals surface area contributed by atoms with Crippen LogP contribution in [0.4, 0.5) is 0 Å². The first kappa shape index (κ1) is 36.4. The number of unbranched alkanes of at least 4 members (excludes halogenated alkanes) is 21. The maximum Gasteiger partial charge on any atom is 0.309 e. The van der Waals surface area contributed by atoms with Crippen LogP contribution in [-0.4, -0.2) is 22.8 Å². The van der Waals surface area contributed by atoms with Gasteiger partial charge >= 0.3 is 5.97 Å². The first-order valence-electron chi connectivity index (χ1n) is 16.7. The van der Waals surface area contributed by atoms with Gasteiger partial charge in [-0.25, -0.2) is 0 Å². The van der Waals surface area contributed by atoms with Gasteiger partial charge in [-0.05, 0) is 31.6 Å². The van der Waals surface area contributed by atoms with Crippen molar-refractivity contribution in [2.45, 2.75) is 195 Å². The SMILES string of the molecule is CCCCCCCCCCCCCCCCCCC(C)(CCCCCCCCC)C(C)(CCO)C(=O)O. The number of carboxylic acid groups (broad SMARTS) is 1. The van der Waals surface area contributed by atoms with E-state index < -0.39 is 11.4 Å². The van der Waals surface area contributed by atoms with Crippen LogP contribution in [0.1, 0.15) is 195 Å². The van der Waals surface area contributed by atoms with Crippen LogP contribution in [-0.2, 0) is 4.79 Å². The number of aliphatic hydroxyl groups excluding tert-OH is 1. The number of aliphatic hydroxyl groups is 1. The Morgan fingerprint density at radius 1 is 0.486 bits per heavy atom. The van der Waals surface area contributed by atoms with Crippen molar-refractivity contribution >= 4 is 5.97 Å². The molecule has 0 radical (unpaired) electrons. The highest BCUT2D eigenvalue weighted by Gasteiger charge is 2.48. The summed E-state index contributed by atoms with van der Waals surface area (Å²) in [6, 6.07) is 0. The molecule has 37 heavy (non-hydrogen) atoms. The minimum atomic E-state index is -0.848. The van der Waals surface area contributed by atoms with Crippen LogP contribution in [0.5, 0.6) is 0 Å². The van der Waals surface area contributed by atoms with Gasteiger partial charge in [0.15, 0.2) is 0 Å². The minimum Gasteiger partial charge on any atom is -0.481 e. The smallest absolute Gasteiger partial charge is 0.309 e. The average molecular weight is 525 g/mol. The van der Waals surface area contributed by atoms with Crippen molar-refractivity contribution in [1.82, 2.24) is 0 Å². The highest BCUT2D eigenvalue weighted by atomic mass is 16.4. The van der Waals surface area contributed by atoms with Crippen molar-refractivity contribution in [3.8, 4) is 0 Å². The van der Waals surface area contributed by atoms with E-state index in [1.165, 1.54) is 135 Å². The summed E-state index contributed by atoms with van der Waals surface area (Å²) in [4.78, 5) is 12.3. The average Bonchev–Trinajstić information content (AvgIpc) is 2.87. The van der Waals surface area contributed by atoms with Gasteiger partial charge < -0.3 is 10.2 Å². The van der Waals surface area contributed by atoms with Gasteiger partial charge in [-0.3, -0.25) is 4.79 Å². The van der Waals surface area contributed by atoms with E-state index in [2.05, 4.69) is 20.8 Å². The van der Waals surface area contributed by atoms with Crippen LogP contribution in [0, 0.1) is 10.8 Å². The lowest BCUT2D eigenvalue weighted by Crippen LogP contribution is -2.45. The number of carboxylic acids is 1. The van der Waals surface area contributed by atoms with E-state index >= 15 is 0 Å². The molecule has 3 nitrogen and oxygen atoms in total. The van der Waals surface area contributed by atoms with Gasteiger partial charge in [0.25, 0.3) is 0 Å². The van der Waals surface area contributed by atoms with Crippen molar-refractivity contribution in [1.29, 1.82) is 0 Å². The van der Waals surface area contributed by atoms with E-state index in [9.17, 15) is 15.0 Å². The number of rotatable bonds is 29. The second-order valence-corrected chi connectivity index (χ2v) is 12.6. The molecule has 0 spiro atoms. The standard InChI is InChI=1S/C34H68O3/c1-5-7-9-11-13-14-15-16-17-18-19-20-21-23-25-27-29-33(3,34(4,30-31-35)32(36)37)28-26-24-22-12-10-8-6-2/h35H,5-31H2,1-4H3,(H,36,37). The molecule has 0 fully saturated rings. The second kappa shape index (κ2) is 24.5. The molecule has 0 aliphatic rings. The van der Waals surface area contributed by atoms with Gasteiger partial charge in [0.1, 0.15) is 0 Å². The summed E-state index contributed by atoms with van der Waals surface area (Å²) in [6.45, 7) is 8.57. The van der Waals surface area contributed by atoms with Crippen LogP contribution in [0.15, 0.2) is 0 Å². The van der Waals surface area contributed by atoms with Crippen LogP contribution in [0.25, 0.3) is 0 Å². The molecule has 0 heterocycles. The lowest BCUT2D eigenvalue weighted by molar-refractivity contribution is -0.159. The van der Waals surface area contributed by atoms with Gasteiger partial charge in [0.05, 0.1) is 5.41 Å². The zero-order chi connectivity index (χ0) is 27.7. The Hall–Kier alpha value is -0.570. The Morgan fingerprint density at radius 2 is 0.757 bits per heavy atom. The summed E-state index contributed by atoms with van der Waals surface area (Å²) in [5.74, 6) is -0.733. The van der Waals surface area contributed by atoms with E-state index in [1.54, 1.807) is 0 Å². The molecule has 0 aliphatic heterocycles. The second-order valence-electron chi connectivity index (χ2n) is 12.6. The Balaban J connectivity index is 4.15. The molecule has 0 aliphatic carbocycles. The lowest BCUT2D eigenvalue weighted by Gasteiger charge is -2.44. The van der Waals surface area contributed by atoms with E-state index in [1.807, 2.05) is 6.92 Å². The van der Waals surface area contributed by atoms with Crippen LogP contribution in [0.2, 0.25) is 0 Å². The number of aliphatic carboxylic acids is 1. The van der Waals surface area contributed by atoms with Gasteiger partial charge in [-0.2, -0.15) is 0 Å². The molecule has 2 atom stereocenters. The van der Waals surface area contributed by atoms with Gasteiger partial charge in [-0.1, -0.05) is 168 Å². The molecule has 0 saturated carbocycles. The van der Waals surface area contributed by atoms with Crippen LogP contribution < -0.4 is 0 Å². The fraction of sp³-hybridized carbons (Fsp3) is 0.971. The molecule has 0 rings (SSSR count). The molecule has 2 N–H and O–H groups in total. The first-order chi connectivity index (χ1) is 17.9. The molecule has 3 heteroatoms. The molecule has 0 aromatic heterocycles. The molecule has 0 aromatic rings. The Bertz CT molecular complexity index is 505. The van der Waals surface area contributed by atoms with Crippen LogP contribution >= 0.6 is 0 Å². The molecule has 2 unspecified atom stereocenters. The highest BCUT2D eigenvalue weighted by Crippen LogP contribution is 2.49. The third kappa shape index (κ3) is 17.6. The maximum atomic E-state index is 12.3. The van der Waals surface area contributed by atoms with Crippen molar-refractivity contribution < 1.29 is 15.0 Å². The van der Waals surface area contributed by atoms with Gasteiger partial charge in [0.2, 0.25) is 0 Å². The lowest BCUT2D eigenvalue weighted by atomic mass is 9.59. The van der Waals surface area contributed by atoms with Crippen molar-refractivity contribution in [3.63, 3.8) is 0 Å². The molecule has 222 valence electrons. The quantitative estimate of drug-likeness (QED) is 0.0956. The molecule has 0 aromatic carbocycles. The van der Waals surface area contributed by atoms with Crippen molar-refractivity contribution in [2.24, 2.45) is 10.8 Å². The summed E-state index contributed by atoms with van der Waals surface area (Å²) in [7, 11) is 0. The topological polar surface area (TPSA) is 57.5 Å². The summed E-state index contributed by atoms with van der Waals surface area (Å²) >= 11 is 0. The zero-order valence-electron chi connectivity index (χ0n) is 25.9. The number of carbonyl (C=O) groups is 1.